The standard InChI is InChI=1S/C36H48OSi/c1-27(2)38(28(3)4,29(5)6)26-25-36(37,23-21-30-17-19-33(20-18-30)35(7,8)9)24-22-32-15-12-14-31-13-10-11-16-34(31)32/h10-11,13,15-17,27-29,33,37H,12,14,18-20H2,1-9H3/t33?,36-/m1/s1. The Bertz CT molecular complexity index is 1230. The summed E-state index contributed by atoms with van der Waals surface area (Å²) in [6.45, 7) is 20.7. The van der Waals surface area contributed by atoms with Gasteiger partial charge in [-0.1, -0.05) is 111 Å². The van der Waals surface area contributed by atoms with Crippen LogP contribution >= 0.6 is 0 Å². The van der Waals surface area contributed by atoms with Crippen molar-refractivity contribution in [1.82, 2.24) is 0 Å². The third-order valence-corrected chi connectivity index (χ3v) is 15.1. The third-order valence-electron chi connectivity index (χ3n) is 8.81. The Kier molecular flexibility index (Phi) is 9.64. The van der Waals surface area contributed by atoms with Gasteiger partial charge < -0.3 is 5.11 Å². The number of fused-ring (bicyclic) bond motifs is 1. The van der Waals surface area contributed by atoms with Crippen LogP contribution in [0.15, 0.2) is 42.0 Å². The zero-order valence-corrected chi connectivity index (χ0v) is 26.3. The molecule has 2 atom stereocenters. The Morgan fingerprint density at radius 2 is 1.47 bits per heavy atom. The highest BCUT2D eigenvalue weighted by atomic mass is 28.3. The van der Waals surface area contributed by atoms with E-state index in [4.69, 9.17) is 0 Å². The average molecular weight is 525 g/mol. The number of rotatable bonds is 3. The van der Waals surface area contributed by atoms with Crippen molar-refractivity contribution in [2.45, 2.75) is 117 Å². The minimum Gasteiger partial charge on any atom is -0.357 e. The molecule has 0 aromatic heterocycles. The lowest BCUT2D eigenvalue weighted by molar-refractivity contribution is 0.221. The lowest BCUT2D eigenvalue weighted by Crippen LogP contribution is -2.44. The molecule has 2 heteroatoms. The first-order chi connectivity index (χ1) is 17.8. The van der Waals surface area contributed by atoms with Crippen LogP contribution in [0.2, 0.25) is 16.6 Å². The van der Waals surface area contributed by atoms with Crippen LogP contribution < -0.4 is 0 Å². The molecule has 0 fully saturated rings. The molecule has 0 spiro atoms. The molecule has 0 saturated heterocycles. The summed E-state index contributed by atoms with van der Waals surface area (Å²) < 4.78 is 0. The molecular formula is C36H48OSi. The smallest absolute Gasteiger partial charge is 0.251 e. The number of hydrogen-bond acceptors (Lipinski definition) is 1. The molecule has 3 rings (SSSR count). The fourth-order valence-corrected chi connectivity index (χ4v) is 11.7. The molecule has 0 aliphatic heterocycles. The van der Waals surface area contributed by atoms with E-state index in [1.807, 2.05) is 0 Å². The fraction of sp³-hybridized carbons (Fsp3) is 0.556. The third kappa shape index (κ3) is 6.95. The van der Waals surface area contributed by atoms with Crippen LogP contribution in [-0.4, -0.2) is 18.8 Å². The van der Waals surface area contributed by atoms with Crippen molar-refractivity contribution in [1.29, 1.82) is 0 Å². The normalized spacial score (nSPS) is 19.1. The minimum atomic E-state index is -2.05. The van der Waals surface area contributed by atoms with E-state index in [-0.39, 0.29) is 0 Å². The van der Waals surface area contributed by atoms with Gasteiger partial charge in [-0.2, -0.15) is 0 Å². The van der Waals surface area contributed by atoms with Gasteiger partial charge in [0.2, 0.25) is 0 Å². The van der Waals surface area contributed by atoms with Gasteiger partial charge in [-0.05, 0) is 94.5 Å². The van der Waals surface area contributed by atoms with E-state index in [1.54, 1.807) is 0 Å². The van der Waals surface area contributed by atoms with Gasteiger partial charge in [0, 0.05) is 5.57 Å². The van der Waals surface area contributed by atoms with Crippen LogP contribution in [0.5, 0.6) is 0 Å². The molecule has 202 valence electrons. The molecule has 0 heterocycles. The van der Waals surface area contributed by atoms with Crippen LogP contribution in [0.25, 0.3) is 5.57 Å². The zero-order valence-electron chi connectivity index (χ0n) is 25.3. The summed E-state index contributed by atoms with van der Waals surface area (Å²) in [7, 11) is -2.05. The monoisotopic (exact) mass is 524 g/mol. The van der Waals surface area contributed by atoms with E-state index in [2.05, 4.69) is 134 Å². The second-order valence-corrected chi connectivity index (χ2v) is 18.8. The average Bonchev–Trinajstić information content (AvgIpc) is 2.86. The number of aryl methyl sites for hydroxylation is 1. The number of allylic oxidation sites excluding steroid dienone is 4. The van der Waals surface area contributed by atoms with E-state index in [0.717, 1.165) is 48.8 Å². The highest BCUT2D eigenvalue weighted by molar-refractivity contribution is 6.90. The molecule has 0 amide bonds. The van der Waals surface area contributed by atoms with Crippen LogP contribution in [0, 0.1) is 46.5 Å². The molecule has 2 aliphatic carbocycles. The quantitative estimate of drug-likeness (QED) is 0.309. The van der Waals surface area contributed by atoms with Gasteiger partial charge in [0.05, 0.1) is 0 Å². The largest absolute Gasteiger partial charge is 0.357 e. The van der Waals surface area contributed by atoms with Crippen molar-refractivity contribution >= 4 is 13.6 Å². The lowest BCUT2D eigenvalue weighted by Gasteiger charge is -2.38. The minimum absolute atomic E-state index is 0.301. The van der Waals surface area contributed by atoms with Crippen molar-refractivity contribution in [2.75, 3.05) is 0 Å². The van der Waals surface area contributed by atoms with Gasteiger partial charge in [0.1, 0.15) is 8.07 Å². The molecule has 1 nitrogen and oxygen atoms in total. The molecule has 0 bridgehead atoms. The van der Waals surface area contributed by atoms with E-state index in [0.29, 0.717) is 28.0 Å². The van der Waals surface area contributed by atoms with E-state index in [9.17, 15) is 5.11 Å². The van der Waals surface area contributed by atoms with Gasteiger partial charge in [-0.15, -0.1) is 5.54 Å². The SMILES string of the molecule is CC(C)[Si](C#C[C@@](O)(C#CC1=CCC(C(C)(C)C)CC1)C#CC1=CCCc2ccccc21)(C(C)C)C(C)C. The molecule has 0 radical (unpaired) electrons. The predicted octanol–water partition coefficient (Wildman–Crippen LogP) is 8.75. The molecule has 1 aromatic carbocycles. The Labute approximate surface area is 234 Å². The van der Waals surface area contributed by atoms with Crippen LogP contribution in [0.3, 0.4) is 0 Å². The zero-order chi connectivity index (χ0) is 28.1. The Balaban J connectivity index is 2.06. The van der Waals surface area contributed by atoms with Gasteiger partial charge >= 0.3 is 0 Å². The summed E-state index contributed by atoms with van der Waals surface area (Å²) >= 11 is 0. The first kappa shape index (κ1) is 30.1. The molecule has 1 unspecified atom stereocenters. The van der Waals surface area contributed by atoms with E-state index in [1.165, 1.54) is 5.56 Å². The van der Waals surface area contributed by atoms with Crippen LogP contribution in [0.1, 0.15) is 99.1 Å². The molecule has 1 aromatic rings. The molecule has 2 aliphatic rings. The Morgan fingerprint density at radius 3 is 2.05 bits per heavy atom. The topological polar surface area (TPSA) is 20.2 Å². The maximum absolute atomic E-state index is 11.9. The second-order valence-electron chi connectivity index (χ2n) is 13.2. The summed E-state index contributed by atoms with van der Waals surface area (Å²) in [4.78, 5) is 0. The summed E-state index contributed by atoms with van der Waals surface area (Å²) in [6, 6.07) is 8.43. The lowest BCUT2D eigenvalue weighted by atomic mass is 9.73. The summed E-state index contributed by atoms with van der Waals surface area (Å²) in [5, 5.41) is 11.9. The maximum atomic E-state index is 11.9. The van der Waals surface area contributed by atoms with Crippen molar-refractivity contribution in [3.8, 4) is 35.1 Å². The first-order valence-corrected chi connectivity index (χ1v) is 16.8. The van der Waals surface area contributed by atoms with E-state index < -0.39 is 13.7 Å². The van der Waals surface area contributed by atoms with Gasteiger partial charge in [0.25, 0.3) is 5.60 Å². The maximum Gasteiger partial charge on any atom is 0.251 e. The molecular weight excluding hydrogens is 476 g/mol. The fourth-order valence-electron chi connectivity index (χ4n) is 6.39. The summed E-state index contributed by atoms with van der Waals surface area (Å²) in [6.07, 6.45) is 9.56. The second kappa shape index (κ2) is 12.2. The van der Waals surface area contributed by atoms with Crippen LogP contribution in [0.4, 0.5) is 0 Å². The van der Waals surface area contributed by atoms with Crippen molar-refractivity contribution in [3.63, 3.8) is 0 Å². The molecule has 1 N–H and O–H groups in total. The Hall–Kier alpha value is -2.44. The summed E-state index contributed by atoms with van der Waals surface area (Å²) in [5.74, 6) is 16.9. The van der Waals surface area contributed by atoms with E-state index >= 15 is 0 Å². The highest BCUT2D eigenvalue weighted by Crippen LogP contribution is 2.41. The number of aliphatic hydroxyl groups is 1. The van der Waals surface area contributed by atoms with Crippen molar-refractivity contribution < 1.29 is 5.11 Å². The summed E-state index contributed by atoms with van der Waals surface area (Å²) in [5.41, 5.74) is 8.30. The molecule has 0 saturated carbocycles. The number of benzene rings is 1. The van der Waals surface area contributed by atoms with Gasteiger partial charge in [-0.3, -0.25) is 0 Å². The number of hydrogen-bond donors (Lipinski definition) is 1. The Morgan fingerprint density at radius 1 is 0.842 bits per heavy atom. The van der Waals surface area contributed by atoms with Crippen molar-refractivity contribution in [2.24, 2.45) is 11.3 Å². The highest BCUT2D eigenvalue weighted by Gasteiger charge is 2.42. The first-order valence-electron chi connectivity index (χ1n) is 14.6. The van der Waals surface area contributed by atoms with Crippen molar-refractivity contribution in [3.05, 3.63) is 53.1 Å². The van der Waals surface area contributed by atoms with Gasteiger partial charge in [-0.25, -0.2) is 0 Å². The van der Waals surface area contributed by atoms with Crippen LogP contribution in [-0.2, 0) is 6.42 Å². The molecule has 38 heavy (non-hydrogen) atoms. The predicted molar refractivity (Wildman–Crippen MR) is 167 cm³/mol. The van der Waals surface area contributed by atoms with Gasteiger partial charge in [0.15, 0.2) is 0 Å².